The van der Waals surface area contributed by atoms with Crippen LogP contribution < -0.4 is 10.1 Å². The van der Waals surface area contributed by atoms with Gasteiger partial charge in [0.2, 0.25) is 0 Å². The maximum atomic E-state index is 5.56. The molecule has 4 heteroatoms. The fraction of sp³-hybridized carbons (Fsp3) is 0.538. The Hall–Kier alpha value is -1.10. The lowest BCUT2D eigenvalue weighted by atomic mass is 10.3. The van der Waals surface area contributed by atoms with Gasteiger partial charge < -0.3 is 19.5 Å². The van der Waals surface area contributed by atoms with Gasteiger partial charge in [-0.25, -0.2) is 0 Å². The number of nitrogens with one attached hydrogen (secondary N) is 1. The minimum Gasteiger partial charge on any atom is -0.492 e. The topological polar surface area (TPSA) is 39.7 Å². The van der Waals surface area contributed by atoms with Gasteiger partial charge in [-0.05, 0) is 19.1 Å². The van der Waals surface area contributed by atoms with E-state index >= 15 is 0 Å². The van der Waals surface area contributed by atoms with Crippen molar-refractivity contribution in [1.29, 1.82) is 0 Å². The molecule has 1 rings (SSSR count). The molecular weight excluding hydrogens is 218 g/mol. The van der Waals surface area contributed by atoms with Gasteiger partial charge in [0.25, 0.3) is 0 Å². The largest absolute Gasteiger partial charge is 0.492 e. The average Bonchev–Trinajstić information content (AvgIpc) is 2.37. The van der Waals surface area contributed by atoms with E-state index in [4.69, 9.17) is 14.2 Å². The molecule has 0 aliphatic heterocycles. The van der Waals surface area contributed by atoms with Crippen molar-refractivity contribution in [2.75, 3.05) is 27.4 Å². The molecule has 0 fully saturated rings. The van der Waals surface area contributed by atoms with Gasteiger partial charge in [0, 0.05) is 20.8 Å². The number of benzene rings is 1. The summed E-state index contributed by atoms with van der Waals surface area (Å²) < 4.78 is 15.9. The van der Waals surface area contributed by atoms with E-state index in [2.05, 4.69) is 5.32 Å². The van der Waals surface area contributed by atoms with Gasteiger partial charge in [0.15, 0.2) is 6.29 Å². The van der Waals surface area contributed by atoms with Crippen LogP contribution in [-0.2, 0) is 9.47 Å². The van der Waals surface area contributed by atoms with Crippen LogP contribution in [0.4, 0.5) is 0 Å². The van der Waals surface area contributed by atoms with E-state index in [1.807, 2.05) is 37.3 Å². The molecule has 0 aliphatic rings. The number of rotatable bonds is 8. The molecule has 4 nitrogen and oxygen atoms in total. The van der Waals surface area contributed by atoms with E-state index in [9.17, 15) is 0 Å². The molecular formula is C13H21NO3. The van der Waals surface area contributed by atoms with Gasteiger partial charge >= 0.3 is 0 Å². The fourth-order valence-electron chi connectivity index (χ4n) is 1.57. The van der Waals surface area contributed by atoms with Crippen molar-refractivity contribution in [2.45, 2.75) is 19.3 Å². The summed E-state index contributed by atoms with van der Waals surface area (Å²) in [6, 6.07) is 9.89. The number of methoxy groups -OCH3 is 2. The third kappa shape index (κ3) is 5.17. The lowest BCUT2D eigenvalue weighted by Gasteiger charge is -2.22. The Morgan fingerprint density at radius 1 is 1.12 bits per heavy atom. The van der Waals surface area contributed by atoms with Crippen LogP contribution in [-0.4, -0.2) is 39.7 Å². The van der Waals surface area contributed by atoms with E-state index in [1.165, 1.54) is 0 Å². The van der Waals surface area contributed by atoms with Gasteiger partial charge in [-0.1, -0.05) is 18.2 Å². The molecule has 0 heterocycles. The summed E-state index contributed by atoms with van der Waals surface area (Å²) in [5.74, 6) is 0.886. The van der Waals surface area contributed by atoms with Crippen molar-refractivity contribution in [3.63, 3.8) is 0 Å². The first-order valence-corrected chi connectivity index (χ1v) is 5.74. The highest BCUT2D eigenvalue weighted by molar-refractivity contribution is 5.20. The van der Waals surface area contributed by atoms with Crippen molar-refractivity contribution in [3.8, 4) is 5.75 Å². The van der Waals surface area contributed by atoms with Crippen molar-refractivity contribution >= 4 is 0 Å². The van der Waals surface area contributed by atoms with Crippen LogP contribution in [0, 0.1) is 0 Å². The van der Waals surface area contributed by atoms with E-state index in [0.717, 1.165) is 12.3 Å². The first kappa shape index (κ1) is 14.0. The molecule has 0 bridgehead atoms. The van der Waals surface area contributed by atoms with E-state index in [-0.39, 0.29) is 12.3 Å². The molecule has 0 saturated carbocycles. The monoisotopic (exact) mass is 239 g/mol. The fourth-order valence-corrected chi connectivity index (χ4v) is 1.57. The first-order chi connectivity index (χ1) is 8.27. The van der Waals surface area contributed by atoms with Gasteiger partial charge in [0.05, 0.1) is 6.04 Å². The predicted molar refractivity (Wildman–Crippen MR) is 67.2 cm³/mol. The van der Waals surface area contributed by atoms with Crippen LogP contribution in [0.1, 0.15) is 6.92 Å². The van der Waals surface area contributed by atoms with Crippen LogP contribution in [0.3, 0.4) is 0 Å². The molecule has 1 aromatic rings. The molecule has 0 saturated heterocycles. The zero-order valence-electron chi connectivity index (χ0n) is 10.7. The number of hydrogen-bond donors (Lipinski definition) is 1. The van der Waals surface area contributed by atoms with Crippen molar-refractivity contribution in [1.82, 2.24) is 5.32 Å². The standard InChI is InChI=1S/C13H21NO3/c1-11(13(15-2)16-3)14-9-10-17-12-7-5-4-6-8-12/h4-8,11,13-14H,9-10H2,1-3H3. The summed E-state index contributed by atoms with van der Waals surface area (Å²) in [6.45, 7) is 3.38. The van der Waals surface area contributed by atoms with E-state index in [0.29, 0.717) is 6.61 Å². The maximum absolute atomic E-state index is 5.56. The number of ether oxygens (including phenoxy) is 3. The second-order valence-electron chi connectivity index (χ2n) is 3.74. The zero-order chi connectivity index (χ0) is 12.5. The van der Waals surface area contributed by atoms with Gasteiger partial charge in [-0.2, -0.15) is 0 Å². The molecule has 1 N–H and O–H groups in total. The van der Waals surface area contributed by atoms with E-state index < -0.39 is 0 Å². The summed E-state index contributed by atoms with van der Waals surface area (Å²) in [7, 11) is 3.26. The highest BCUT2D eigenvalue weighted by atomic mass is 16.7. The van der Waals surface area contributed by atoms with Crippen LogP contribution in [0.2, 0.25) is 0 Å². The Labute approximate surface area is 103 Å². The molecule has 0 aromatic heterocycles. The third-order valence-electron chi connectivity index (χ3n) is 2.45. The summed E-state index contributed by atoms with van der Waals surface area (Å²) in [6.07, 6.45) is -0.230. The third-order valence-corrected chi connectivity index (χ3v) is 2.45. The maximum Gasteiger partial charge on any atom is 0.171 e. The van der Waals surface area contributed by atoms with Crippen LogP contribution in [0.15, 0.2) is 30.3 Å². The Bertz CT molecular complexity index is 288. The lowest BCUT2D eigenvalue weighted by molar-refractivity contribution is -0.119. The minimum atomic E-state index is -0.230. The van der Waals surface area contributed by atoms with Gasteiger partial charge in [-0.15, -0.1) is 0 Å². The molecule has 0 amide bonds. The second kappa shape index (κ2) is 8.06. The van der Waals surface area contributed by atoms with Gasteiger partial charge in [0.1, 0.15) is 12.4 Å². The molecule has 1 atom stereocenters. The normalized spacial score (nSPS) is 12.7. The Kier molecular flexibility index (Phi) is 6.62. The summed E-state index contributed by atoms with van der Waals surface area (Å²) >= 11 is 0. The molecule has 0 aliphatic carbocycles. The second-order valence-corrected chi connectivity index (χ2v) is 3.74. The minimum absolute atomic E-state index is 0.129. The average molecular weight is 239 g/mol. The first-order valence-electron chi connectivity index (χ1n) is 5.74. The molecule has 0 spiro atoms. The summed E-state index contributed by atoms with van der Waals surface area (Å²) in [5, 5.41) is 3.28. The van der Waals surface area contributed by atoms with Crippen molar-refractivity contribution in [3.05, 3.63) is 30.3 Å². The van der Waals surface area contributed by atoms with Crippen molar-refractivity contribution in [2.24, 2.45) is 0 Å². The van der Waals surface area contributed by atoms with Crippen LogP contribution in [0.25, 0.3) is 0 Å². The molecule has 1 aromatic carbocycles. The Morgan fingerprint density at radius 2 is 1.76 bits per heavy atom. The van der Waals surface area contributed by atoms with Crippen LogP contribution >= 0.6 is 0 Å². The molecule has 17 heavy (non-hydrogen) atoms. The SMILES string of the molecule is COC(OC)C(C)NCCOc1ccccc1. The summed E-state index contributed by atoms with van der Waals surface area (Å²) in [5.41, 5.74) is 0. The zero-order valence-corrected chi connectivity index (χ0v) is 10.7. The highest BCUT2D eigenvalue weighted by Crippen LogP contribution is 2.07. The Balaban J connectivity index is 2.16. The predicted octanol–water partition coefficient (Wildman–Crippen LogP) is 1.66. The van der Waals surface area contributed by atoms with E-state index in [1.54, 1.807) is 14.2 Å². The molecule has 96 valence electrons. The van der Waals surface area contributed by atoms with Crippen molar-refractivity contribution < 1.29 is 14.2 Å². The number of para-hydroxylation sites is 1. The highest BCUT2D eigenvalue weighted by Gasteiger charge is 2.14. The van der Waals surface area contributed by atoms with Crippen LogP contribution in [0.5, 0.6) is 5.75 Å². The Morgan fingerprint density at radius 3 is 2.35 bits per heavy atom. The molecule has 1 unspecified atom stereocenters. The number of hydrogen-bond acceptors (Lipinski definition) is 4. The summed E-state index contributed by atoms with van der Waals surface area (Å²) in [4.78, 5) is 0. The molecule has 0 radical (unpaired) electrons. The quantitative estimate of drug-likeness (QED) is 0.553. The van der Waals surface area contributed by atoms with Gasteiger partial charge in [-0.3, -0.25) is 0 Å². The lowest BCUT2D eigenvalue weighted by Crippen LogP contribution is -2.41. The smallest absolute Gasteiger partial charge is 0.171 e.